The van der Waals surface area contributed by atoms with E-state index in [-0.39, 0.29) is 17.1 Å². The predicted octanol–water partition coefficient (Wildman–Crippen LogP) is 1.66. The van der Waals surface area contributed by atoms with Gasteiger partial charge in [-0.15, -0.1) is 0 Å². The molecule has 0 aliphatic heterocycles. The Balaban J connectivity index is 0.000000228. The van der Waals surface area contributed by atoms with Crippen LogP contribution in [-0.4, -0.2) is 24.7 Å². The second kappa shape index (κ2) is 8.11. The van der Waals surface area contributed by atoms with Crippen LogP contribution >= 0.6 is 0 Å². The Kier molecular flexibility index (Phi) is 5.90. The molecule has 0 aromatic carbocycles. The van der Waals surface area contributed by atoms with Crippen molar-refractivity contribution in [2.45, 2.75) is 27.3 Å². The van der Waals surface area contributed by atoms with Crippen molar-refractivity contribution < 1.29 is 14.6 Å². The molecule has 26 heavy (non-hydrogen) atoms. The van der Waals surface area contributed by atoms with Gasteiger partial charge in [0.2, 0.25) is 0 Å². The summed E-state index contributed by atoms with van der Waals surface area (Å²) in [6.07, 6.45) is 3.31. The third-order valence-electron chi connectivity index (χ3n) is 3.35. The number of hydrogen-bond donors (Lipinski definition) is 2. The van der Waals surface area contributed by atoms with Gasteiger partial charge in [-0.3, -0.25) is 14.8 Å². The van der Waals surface area contributed by atoms with E-state index in [0.717, 1.165) is 11.8 Å². The number of hydrogen-bond acceptors (Lipinski definition) is 7. The summed E-state index contributed by atoms with van der Waals surface area (Å²) < 4.78 is 6.08. The van der Waals surface area contributed by atoms with Crippen molar-refractivity contribution >= 4 is 0 Å². The number of aryl methyl sites for hydroxylation is 3. The topological polar surface area (TPSA) is 118 Å². The van der Waals surface area contributed by atoms with Gasteiger partial charge >= 0.3 is 5.63 Å². The van der Waals surface area contributed by atoms with Crippen molar-refractivity contribution in [1.82, 2.24) is 14.5 Å². The highest BCUT2D eigenvalue weighted by molar-refractivity contribution is 5.22. The van der Waals surface area contributed by atoms with Crippen molar-refractivity contribution in [1.29, 1.82) is 0 Å². The van der Waals surface area contributed by atoms with Crippen molar-refractivity contribution in [3.63, 3.8) is 0 Å². The molecule has 0 aliphatic carbocycles. The summed E-state index contributed by atoms with van der Waals surface area (Å²) in [4.78, 5) is 30.4. The van der Waals surface area contributed by atoms with Gasteiger partial charge in [0.05, 0.1) is 30.2 Å². The Morgan fingerprint density at radius 2 is 1.65 bits per heavy atom. The number of aromatic nitrogens is 3. The van der Waals surface area contributed by atoms with E-state index in [4.69, 9.17) is 5.11 Å². The van der Waals surface area contributed by atoms with Crippen LogP contribution in [0.25, 0.3) is 0 Å². The largest absolute Gasteiger partial charge is 0.508 e. The fourth-order valence-electron chi connectivity index (χ4n) is 2.17. The predicted molar refractivity (Wildman–Crippen MR) is 94.4 cm³/mol. The lowest BCUT2D eigenvalue weighted by atomic mass is 10.3. The number of aromatic hydroxyl groups is 2. The average Bonchev–Trinajstić information content (AvgIpc) is 2.52. The van der Waals surface area contributed by atoms with E-state index in [1.54, 1.807) is 36.9 Å². The maximum absolute atomic E-state index is 11.7. The van der Waals surface area contributed by atoms with E-state index < -0.39 is 5.63 Å². The number of pyridine rings is 1. The van der Waals surface area contributed by atoms with Crippen molar-refractivity contribution in [2.75, 3.05) is 0 Å². The smallest absolute Gasteiger partial charge is 0.339 e. The summed E-state index contributed by atoms with van der Waals surface area (Å²) in [5.41, 5.74) is 1.48. The highest BCUT2D eigenvalue weighted by atomic mass is 16.4. The van der Waals surface area contributed by atoms with Crippen molar-refractivity contribution in [3.05, 3.63) is 80.3 Å². The van der Waals surface area contributed by atoms with Crippen LogP contribution in [0, 0.1) is 20.8 Å². The van der Waals surface area contributed by atoms with Crippen LogP contribution < -0.4 is 11.2 Å². The van der Waals surface area contributed by atoms with Crippen LogP contribution in [0.5, 0.6) is 11.5 Å². The number of rotatable bonds is 2. The Labute approximate surface area is 149 Å². The summed E-state index contributed by atoms with van der Waals surface area (Å²) in [5, 5.41) is 18.0. The molecule has 3 aromatic rings. The minimum Gasteiger partial charge on any atom is -0.508 e. The van der Waals surface area contributed by atoms with Crippen LogP contribution in [0.15, 0.2) is 50.7 Å². The van der Waals surface area contributed by atoms with Gasteiger partial charge in [0.1, 0.15) is 17.3 Å². The van der Waals surface area contributed by atoms with Gasteiger partial charge < -0.3 is 19.2 Å². The van der Waals surface area contributed by atoms with Gasteiger partial charge in [-0.25, -0.2) is 4.79 Å². The molecule has 0 saturated heterocycles. The van der Waals surface area contributed by atoms with Crippen LogP contribution in [-0.2, 0) is 6.54 Å². The molecule has 0 spiro atoms. The SMILES string of the molecule is Cc1cc(O)cc(=O)o1.Cc1cnc(Cn2c(C)cc(O)cc2=O)cn1. The summed E-state index contributed by atoms with van der Waals surface area (Å²) >= 11 is 0. The molecule has 0 bridgehead atoms. The van der Waals surface area contributed by atoms with Gasteiger partial charge in [-0.1, -0.05) is 0 Å². The van der Waals surface area contributed by atoms with E-state index in [2.05, 4.69) is 14.4 Å². The van der Waals surface area contributed by atoms with E-state index in [0.29, 0.717) is 23.7 Å². The Hall–Kier alpha value is -3.42. The van der Waals surface area contributed by atoms with Crippen LogP contribution in [0.3, 0.4) is 0 Å². The van der Waals surface area contributed by atoms with E-state index >= 15 is 0 Å². The highest BCUT2D eigenvalue weighted by Crippen LogP contribution is 2.08. The summed E-state index contributed by atoms with van der Waals surface area (Å²) in [5.74, 6) is 0.350. The van der Waals surface area contributed by atoms with E-state index in [9.17, 15) is 14.7 Å². The van der Waals surface area contributed by atoms with Gasteiger partial charge in [0, 0.05) is 24.0 Å². The molecule has 3 heterocycles. The second-order valence-corrected chi connectivity index (χ2v) is 5.67. The summed E-state index contributed by atoms with van der Waals surface area (Å²) in [7, 11) is 0. The summed E-state index contributed by atoms with van der Waals surface area (Å²) in [6, 6.07) is 5.13. The standard InChI is InChI=1S/C12H13N3O2.C6H6O3/c1-8-5-14-10(6-13-8)7-15-9(2)3-11(16)4-12(15)17;1-4-2-5(7)3-6(8)9-4/h3-6,16H,7H2,1-2H3;2-3,7H,1H3. The Morgan fingerprint density at radius 3 is 2.19 bits per heavy atom. The average molecular weight is 357 g/mol. The first-order valence-electron chi connectivity index (χ1n) is 7.73. The molecular weight excluding hydrogens is 338 g/mol. The molecule has 3 rings (SSSR count). The van der Waals surface area contributed by atoms with E-state index in [1.165, 1.54) is 12.1 Å². The van der Waals surface area contributed by atoms with Crippen molar-refractivity contribution in [3.8, 4) is 11.5 Å². The molecular formula is C18H19N3O5. The van der Waals surface area contributed by atoms with E-state index in [1.807, 2.05) is 6.92 Å². The van der Waals surface area contributed by atoms with Crippen LogP contribution in [0.4, 0.5) is 0 Å². The molecule has 0 amide bonds. The molecule has 0 saturated carbocycles. The molecule has 0 aliphatic rings. The molecule has 136 valence electrons. The minimum atomic E-state index is -0.521. The zero-order chi connectivity index (χ0) is 19.3. The highest BCUT2D eigenvalue weighted by Gasteiger charge is 2.04. The molecule has 0 fully saturated rings. The fraction of sp³-hybridized carbons (Fsp3) is 0.222. The van der Waals surface area contributed by atoms with Crippen molar-refractivity contribution in [2.24, 2.45) is 0 Å². The lowest BCUT2D eigenvalue weighted by molar-refractivity contribution is 0.434. The monoisotopic (exact) mass is 357 g/mol. The minimum absolute atomic E-state index is 0.0151. The Morgan fingerprint density at radius 1 is 0.962 bits per heavy atom. The molecule has 8 heteroatoms. The first-order valence-corrected chi connectivity index (χ1v) is 7.73. The first-order chi connectivity index (χ1) is 12.2. The normalized spacial score (nSPS) is 10.1. The molecule has 0 atom stereocenters. The van der Waals surface area contributed by atoms with Crippen LogP contribution in [0.1, 0.15) is 22.8 Å². The lowest BCUT2D eigenvalue weighted by Crippen LogP contribution is -2.22. The van der Waals surface area contributed by atoms with Gasteiger partial charge in [0.15, 0.2) is 0 Å². The molecule has 3 aromatic heterocycles. The lowest BCUT2D eigenvalue weighted by Gasteiger charge is -2.09. The summed E-state index contributed by atoms with van der Waals surface area (Å²) in [6.45, 7) is 5.58. The zero-order valence-corrected chi connectivity index (χ0v) is 14.6. The third-order valence-corrected chi connectivity index (χ3v) is 3.35. The molecule has 2 N–H and O–H groups in total. The maximum Gasteiger partial charge on any atom is 0.339 e. The zero-order valence-electron chi connectivity index (χ0n) is 14.6. The van der Waals surface area contributed by atoms with Gasteiger partial charge in [-0.2, -0.15) is 0 Å². The van der Waals surface area contributed by atoms with Crippen LogP contribution in [0.2, 0.25) is 0 Å². The number of nitrogens with zero attached hydrogens (tertiary/aromatic N) is 3. The maximum atomic E-state index is 11.7. The quantitative estimate of drug-likeness (QED) is 0.716. The second-order valence-electron chi connectivity index (χ2n) is 5.67. The van der Waals surface area contributed by atoms with Gasteiger partial charge in [0.25, 0.3) is 5.56 Å². The molecule has 0 radical (unpaired) electrons. The van der Waals surface area contributed by atoms with Gasteiger partial charge in [-0.05, 0) is 26.8 Å². The molecule has 0 unspecified atom stereocenters. The Bertz CT molecular complexity index is 983. The molecule has 8 nitrogen and oxygen atoms in total. The fourth-order valence-corrected chi connectivity index (χ4v) is 2.17. The third kappa shape index (κ3) is 5.30. The first kappa shape index (κ1) is 18.9.